The highest BCUT2D eigenvalue weighted by molar-refractivity contribution is 8.00. The first kappa shape index (κ1) is 21.8. The predicted octanol–water partition coefficient (Wildman–Crippen LogP) is 2.36. The van der Waals surface area contributed by atoms with Gasteiger partial charge in [0.2, 0.25) is 5.91 Å². The Morgan fingerprint density at radius 2 is 2.10 bits per heavy atom. The third-order valence-electron chi connectivity index (χ3n) is 3.76. The first-order valence-corrected chi connectivity index (χ1v) is 11.1. The second kappa shape index (κ2) is 10.2. The molecule has 11 heteroatoms. The molecule has 158 valence electrons. The number of nitrogens with one attached hydrogen (secondary N) is 1. The van der Waals surface area contributed by atoms with Crippen LogP contribution >= 0.6 is 23.1 Å². The molecule has 2 heterocycles. The molecule has 0 spiro atoms. The van der Waals surface area contributed by atoms with E-state index in [9.17, 15) is 14.4 Å². The molecule has 0 saturated heterocycles. The number of amides is 2. The minimum Gasteiger partial charge on any atom is -0.465 e. The highest BCUT2D eigenvalue weighted by Crippen LogP contribution is 2.17. The Morgan fingerprint density at radius 3 is 2.83 bits per heavy atom. The Labute approximate surface area is 180 Å². The summed E-state index contributed by atoms with van der Waals surface area (Å²) < 4.78 is 12.5. The molecule has 0 saturated carbocycles. The van der Waals surface area contributed by atoms with Gasteiger partial charge in [0.05, 0.1) is 28.3 Å². The van der Waals surface area contributed by atoms with Crippen LogP contribution in [-0.4, -0.2) is 45.6 Å². The van der Waals surface area contributed by atoms with Gasteiger partial charge in [-0.1, -0.05) is 28.6 Å². The van der Waals surface area contributed by atoms with Gasteiger partial charge in [0, 0.05) is 6.07 Å². The third-order valence-corrected chi connectivity index (χ3v) is 5.73. The van der Waals surface area contributed by atoms with E-state index in [1.54, 1.807) is 24.5 Å². The van der Waals surface area contributed by atoms with E-state index in [-0.39, 0.29) is 30.6 Å². The molecule has 0 radical (unpaired) electrons. The predicted molar refractivity (Wildman–Crippen MR) is 114 cm³/mol. The smallest absolute Gasteiger partial charge is 0.326 e. The van der Waals surface area contributed by atoms with Gasteiger partial charge in [-0.25, -0.2) is 0 Å². The molecule has 0 unspecified atom stereocenters. The normalized spacial score (nSPS) is 11.6. The van der Waals surface area contributed by atoms with E-state index >= 15 is 0 Å². The molecule has 0 aliphatic carbocycles. The van der Waals surface area contributed by atoms with Crippen molar-refractivity contribution in [2.24, 2.45) is 4.99 Å². The van der Waals surface area contributed by atoms with Gasteiger partial charge in [0.25, 0.3) is 5.91 Å². The van der Waals surface area contributed by atoms with Crippen molar-refractivity contribution in [2.75, 3.05) is 23.4 Å². The van der Waals surface area contributed by atoms with Crippen molar-refractivity contribution in [3.63, 3.8) is 0 Å². The van der Waals surface area contributed by atoms with Crippen molar-refractivity contribution >= 4 is 56.9 Å². The number of nitrogens with zero attached hydrogens (tertiary/aromatic N) is 3. The van der Waals surface area contributed by atoms with Crippen molar-refractivity contribution in [3.05, 3.63) is 40.9 Å². The summed E-state index contributed by atoms with van der Waals surface area (Å²) in [5, 5.41) is 6.27. The molecule has 2 aromatic heterocycles. The lowest BCUT2D eigenvalue weighted by molar-refractivity contribution is -0.143. The summed E-state index contributed by atoms with van der Waals surface area (Å²) in [6.45, 7) is 3.70. The zero-order valence-electron chi connectivity index (χ0n) is 16.4. The van der Waals surface area contributed by atoms with Crippen LogP contribution in [0.4, 0.5) is 5.82 Å². The fourth-order valence-electron chi connectivity index (χ4n) is 2.57. The van der Waals surface area contributed by atoms with Crippen LogP contribution in [0.2, 0.25) is 0 Å². The molecule has 0 aliphatic heterocycles. The fourth-order valence-corrected chi connectivity index (χ4v) is 4.21. The number of carbonyl (C=O) groups is 3. The highest BCUT2D eigenvalue weighted by atomic mass is 32.2. The second-order valence-electron chi connectivity index (χ2n) is 6.11. The van der Waals surface area contributed by atoms with E-state index < -0.39 is 11.9 Å². The standard InChI is InChI=1S/C19H20N4O5S2/c1-3-27-18(26)9-23-13-6-4-5-7-14(13)30-19(23)21-17(25)11-29-10-16(24)20-15-8-12(2)28-22-15/h4-8H,3,9-11H2,1-2H3,(H,20,22,24). The van der Waals surface area contributed by atoms with Crippen LogP contribution in [0, 0.1) is 6.92 Å². The average Bonchev–Trinajstić information content (AvgIpc) is 3.25. The maximum Gasteiger partial charge on any atom is 0.326 e. The Kier molecular flexibility index (Phi) is 7.41. The summed E-state index contributed by atoms with van der Waals surface area (Å²) in [6, 6.07) is 9.10. The van der Waals surface area contributed by atoms with Crippen LogP contribution in [0.3, 0.4) is 0 Å². The number of aromatic nitrogens is 2. The molecule has 0 aliphatic rings. The van der Waals surface area contributed by atoms with E-state index in [0.29, 0.717) is 16.4 Å². The van der Waals surface area contributed by atoms with E-state index in [2.05, 4.69) is 15.5 Å². The molecular weight excluding hydrogens is 428 g/mol. The summed E-state index contributed by atoms with van der Waals surface area (Å²) in [5.41, 5.74) is 0.803. The Bertz CT molecular complexity index is 1130. The van der Waals surface area contributed by atoms with Gasteiger partial charge in [-0.3, -0.25) is 14.4 Å². The quantitative estimate of drug-likeness (QED) is 0.526. The van der Waals surface area contributed by atoms with Crippen LogP contribution in [0.15, 0.2) is 39.8 Å². The largest absolute Gasteiger partial charge is 0.465 e. The van der Waals surface area contributed by atoms with Crippen LogP contribution < -0.4 is 10.1 Å². The topological polar surface area (TPSA) is 116 Å². The SMILES string of the molecule is CCOC(=O)Cn1c(=NC(=O)CSCC(=O)Nc2cc(C)on2)sc2ccccc21. The van der Waals surface area contributed by atoms with Crippen molar-refractivity contribution in [1.82, 2.24) is 9.72 Å². The van der Waals surface area contributed by atoms with Crippen LogP contribution in [0.1, 0.15) is 12.7 Å². The fraction of sp³-hybridized carbons (Fsp3) is 0.316. The van der Waals surface area contributed by atoms with Crippen molar-refractivity contribution < 1.29 is 23.6 Å². The van der Waals surface area contributed by atoms with Gasteiger partial charge in [-0.05, 0) is 26.0 Å². The Hall–Kier alpha value is -2.92. The monoisotopic (exact) mass is 448 g/mol. The molecule has 1 aromatic carbocycles. The van der Waals surface area contributed by atoms with Crippen molar-refractivity contribution in [3.8, 4) is 0 Å². The number of fused-ring (bicyclic) bond motifs is 1. The maximum absolute atomic E-state index is 12.3. The van der Waals surface area contributed by atoms with E-state index in [1.165, 1.54) is 11.3 Å². The highest BCUT2D eigenvalue weighted by Gasteiger charge is 2.12. The lowest BCUT2D eigenvalue weighted by atomic mass is 10.3. The molecule has 3 rings (SSSR count). The molecule has 1 N–H and O–H groups in total. The zero-order chi connectivity index (χ0) is 21.5. The van der Waals surface area contributed by atoms with Crippen LogP contribution in [-0.2, 0) is 25.7 Å². The molecule has 30 heavy (non-hydrogen) atoms. The molecule has 0 atom stereocenters. The maximum atomic E-state index is 12.3. The number of para-hydroxylation sites is 1. The molecule has 3 aromatic rings. The number of aryl methyl sites for hydroxylation is 1. The number of carbonyl (C=O) groups excluding carboxylic acids is 3. The van der Waals surface area contributed by atoms with E-state index in [0.717, 1.165) is 22.0 Å². The molecule has 2 amide bonds. The number of ether oxygens (including phenoxy) is 1. The summed E-state index contributed by atoms with van der Waals surface area (Å²) in [7, 11) is 0. The number of esters is 1. The number of anilines is 1. The lowest BCUT2D eigenvalue weighted by Gasteiger charge is -2.05. The molecule has 9 nitrogen and oxygen atoms in total. The van der Waals surface area contributed by atoms with Gasteiger partial charge in [-0.15, -0.1) is 11.8 Å². The first-order valence-electron chi connectivity index (χ1n) is 9.08. The Balaban J connectivity index is 1.65. The lowest BCUT2D eigenvalue weighted by Crippen LogP contribution is -2.23. The third kappa shape index (κ3) is 5.80. The van der Waals surface area contributed by atoms with Gasteiger partial charge in [-0.2, -0.15) is 4.99 Å². The minimum atomic E-state index is -0.399. The van der Waals surface area contributed by atoms with Crippen molar-refractivity contribution in [2.45, 2.75) is 20.4 Å². The number of hydrogen-bond acceptors (Lipinski definition) is 8. The molecule has 0 bridgehead atoms. The number of thioether (sulfide) groups is 1. The summed E-state index contributed by atoms with van der Waals surface area (Å²) in [5.74, 6) is -0.0640. The van der Waals surface area contributed by atoms with Crippen LogP contribution in [0.5, 0.6) is 0 Å². The summed E-state index contributed by atoms with van der Waals surface area (Å²) in [6.07, 6.45) is 0. The first-order chi connectivity index (χ1) is 14.5. The molecular formula is C19H20N4O5S2. The second-order valence-corrected chi connectivity index (χ2v) is 8.11. The molecule has 0 fully saturated rings. The van der Waals surface area contributed by atoms with Gasteiger partial charge in [0.1, 0.15) is 12.3 Å². The minimum absolute atomic E-state index is 0.0267. The zero-order valence-corrected chi connectivity index (χ0v) is 18.0. The average molecular weight is 449 g/mol. The number of hydrogen-bond donors (Lipinski definition) is 1. The number of benzene rings is 1. The van der Waals surface area contributed by atoms with Gasteiger partial charge >= 0.3 is 5.97 Å². The van der Waals surface area contributed by atoms with Gasteiger partial charge in [0.15, 0.2) is 10.6 Å². The number of rotatable bonds is 8. The van der Waals surface area contributed by atoms with Crippen molar-refractivity contribution in [1.29, 1.82) is 0 Å². The van der Waals surface area contributed by atoms with Gasteiger partial charge < -0.3 is 19.1 Å². The summed E-state index contributed by atoms with van der Waals surface area (Å²) in [4.78, 5) is 40.8. The van der Waals surface area contributed by atoms with E-state index in [4.69, 9.17) is 9.26 Å². The number of thiazole rings is 1. The summed E-state index contributed by atoms with van der Waals surface area (Å²) >= 11 is 2.46. The van der Waals surface area contributed by atoms with E-state index in [1.807, 2.05) is 24.3 Å². The Morgan fingerprint density at radius 1 is 1.30 bits per heavy atom. The van der Waals surface area contributed by atoms with Crippen LogP contribution in [0.25, 0.3) is 10.2 Å².